The van der Waals surface area contributed by atoms with E-state index >= 15 is 0 Å². The first kappa shape index (κ1) is 15.3. The molecular weight excluding hydrogens is 286 g/mol. The van der Waals surface area contributed by atoms with Gasteiger partial charge in [-0.1, -0.05) is 0 Å². The van der Waals surface area contributed by atoms with Crippen molar-refractivity contribution in [2.75, 3.05) is 13.1 Å². The zero-order chi connectivity index (χ0) is 14.8. The van der Waals surface area contributed by atoms with Gasteiger partial charge < -0.3 is 5.32 Å². The molecule has 0 aromatic heterocycles. The molecule has 4 nitrogen and oxygen atoms in total. The van der Waals surface area contributed by atoms with E-state index in [-0.39, 0.29) is 16.9 Å². The van der Waals surface area contributed by atoms with Crippen LogP contribution in [0.25, 0.3) is 0 Å². The maximum atomic E-state index is 13.1. The molecule has 1 aromatic rings. The molecule has 0 spiro atoms. The van der Waals surface area contributed by atoms with Gasteiger partial charge in [-0.25, -0.2) is 21.9 Å². The van der Waals surface area contributed by atoms with Crippen LogP contribution in [0.2, 0.25) is 0 Å². The van der Waals surface area contributed by atoms with Gasteiger partial charge in [0.2, 0.25) is 10.0 Å². The number of sulfonamides is 1. The van der Waals surface area contributed by atoms with E-state index in [4.69, 9.17) is 0 Å². The second kappa shape index (κ2) is 6.15. The normalized spacial score (nSPS) is 21.6. The summed E-state index contributed by atoms with van der Waals surface area (Å²) in [7, 11) is -3.91. The van der Waals surface area contributed by atoms with Crippen molar-refractivity contribution in [3.8, 4) is 0 Å². The van der Waals surface area contributed by atoms with Gasteiger partial charge in [0, 0.05) is 12.1 Å². The number of halogens is 2. The summed E-state index contributed by atoms with van der Waals surface area (Å²) in [6, 6.07) is 1.99. The fraction of sp³-hybridized carbons (Fsp3) is 0.538. The summed E-state index contributed by atoms with van der Waals surface area (Å²) in [4.78, 5) is -0.384. The van der Waals surface area contributed by atoms with Crippen LogP contribution in [0, 0.1) is 17.6 Å². The molecule has 1 aliphatic heterocycles. The minimum absolute atomic E-state index is 0.178. The second-order valence-electron chi connectivity index (χ2n) is 5.12. The summed E-state index contributed by atoms with van der Waals surface area (Å²) in [5.41, 5.74) is 0. The van der Waals surface area contributed by atoms with Crippen LogP contribution < -0.4 is 10.0 Å². The van der Waals surface area contributed by atoms with Gasteiger partial charge in [-0.05, 0) is 50.9 Å². The lowest BCUT2D eigenvalue weighted by Gasteiger charge is -2.28. The maximum Gasteiger partial charge on any atom is 0.241 e. The number of nitrogens with one attached hydrogen (secondary N) is 2. The lowest BCUT2D eigenvalue weighted by atomic mass is 9.94. The van der Waals surface area contributed by atoms with Crippen LogP contribution in [0.3, 0.4) is 0 Å². The highest BCUT2D eigenvalue weighted by atomic mass is 32.2. The van der Waals surface area contributed by atoms with Crippen LogP contribution in [-0.4, -0.2) is 27.5 Å². The molecule has 1 saturated heterocycles. The van der Waals surface area contributed by atoms with Gasteiger partial charge in [0.15, 0.2) is 0 Å². The number of hydrogen-bond acceptors (Lipinski definition) is 3. The zero-order valence-corrected chi connectivity index (χ0v) is 12.0. The quantitative estimate of drug-likeness (QED) is 0.889. The van der Waals surface area contributed by atoms with Crippen LogP contribution >= 0.6 is 0 Å². The Morgan fingerprint density at radius 1 is 1.30 bits per heavy atom. The van der Waals surface area contributed by atoms with Crippen molar-refractivity contribution in [1.29, 1.82) is 0 Å². The van der Waals surface area contributed by atoms with Crippen molar-refractivity contribution < 1.29 is 17.2 Å². The molecular formula is C13H18F2N2O2S. The van der Waals surface area contributed by atoms with Crippen molar-refractivity contribution >= 4 is 10.0 Å². The van der Waals surface area contributed by atoms with Gasteiger partial charge in [0.25, 0.3) is 0 Å². The van der Waals surface area contributed by atoms with E-state index < -0.39 is 21.7 Å². The smallest absolute Gasteiger partial charge is 0.241 e. The Kier molecular flexibility index (Phi) is 4.72. The highest BCUT2D eigenvalue weighted by Crippen LogP contribution is 2.18. The molecule has 1 aliphatic rings. The van der Waals surface area contributed by atoms with Crippen LogP contribution in [-0.2, 0) is 10.0 Å². The van der Waals surface area contributed by atoms with Crippen molar-refractivity contribution in [3.63, 3.8) is 0 Å². The summed E-state index contributed by atoms with van der Waals surface area (Å²) < 4.78 is 53.0. The van der Waals surface area contributed by atoms with Crippen molar-refractivity contribution in [2.24, 2.45) is 5.92 Å². The molecule has 2 atom stereocenters. The molecule has 20 heavy (non-hydrogen) atoms. The van der Waals surface area contributed by atoms with Crippen LogP contribution in [0.4, 0.5) is 8.78 Å². The standard InChI is InChI=1S/C13H18F2N2O2S/c1-9(10-3-2-4-16-8-10)17-20(18,19)13-6-11(14)5-12(15)7-13/h5-7,9-10,16-17H,2-4,8H2,1H3. The minimum Gasteiger partial charge on any atom is -0.316 e. The molecule has 0 amide bonds. The Morgan fingerprint density at radius 2 is 1.95 bits per heavy atom. The topological polar surface area (TPSA) is 58.2 Å². The zero-order valence-electron chi connectivity index (χ0n) is 11.2. The summed E-state index contributed by atoms with van der Waals surface area (Å²) >= 11 is 0. The molecule has 1 aromatic carbocycles. The summed E-state index contributed by atoms with van der Waals surface area (Å²) in [6.45, 7) is 3.44. The van der Waals surface area contributed by atoms with E-state index in [0.29, 0.717) is 6.07 Å². The summed E-state index contributed by atoms with van der Waals surface area (Å²) in [6.07, 6.45) is 1.92. The lowest BCUT2D eigenvalue weighted by Crippen LogP contribution is -2.44. The molecule has 0 bridgehead atoms. The molecule has 2 rings (SSSR count). The van der Waals surface area contributed by atoms with Gasteiger partial charge in [0.1, 0.15) is 11.6 Å². The monoisotopic (exact) mass is 304 g/mol. The number of rotatable bonds is 4. The van der Waals surface area contributed by atoms with Crippen molar-refractivity contribution in [2.45, 2.75) is 30.7 Å². The SMILES string of the molecule is CC(NS(=O)(=O)c1cc(F)cc(F)c1)C1CCCNC1. The lowest BCUT2D eigenvalue weighted by molar-refractivity contribution is 0.320. The van der Waals surface area contributed by atoms with Gasteiger partial charge in [-0.3, -0.25) is 0 Å². The predicted molar refractivity (Wildman–Crippen MR) is 71.7 cm³/mol. The Balaban J connectivity index is 2.13. The second-order valence-corrected chi connectivity index (χ2v) is 6.84. The molecule has 1 fully saturated rings. The van der Waals surface area contributed by atoms with E-state index in [0.717, 1.165) is 38.1 Å². The van der Waals surface area contributed by atoms with E-state index in [1.807, 2.05) is 0 Å². The van der Waals surface area contributed by atoms with Crippen LogP contribution in [0.1, 0.15) is 19.8 Å². The highest BCUT2D eigenvalue weighted by Gasteiger charge is 2.25. The Labute approximate surface area is 117 Å². The molecule has 112 valence electrons. The predicted octanol–water partition coefficient (Wildman–Crippen LogP) is 1.63. The Bertz CT molecular complexity index is 551. The molecule has 0 saturated carbocycles. The molecule has 0 radical (unpaired) electrons. The van der Waals surface area contributed by atoms with Crippen molar-refractivity contribution in [1.82, 2.24) is 10.0 Å². The Hall–Kier alpha value is -1.05. The largest absolute Gasteiger partial charge is 0.316 e. The first-order chi connectivity index (χ1) is 9.38. The highest BCUT2D eigenvalue weighted by molar-refractivity contribution is 7.89. The average molecular weight is 304 g/mol. The maximum absolute atomic E-state index is 13.1. The van der Waals surface area contributed by atoms with E-state index in [2.05, 4.69) is 10.0 Å². The number of hydrogen-bond donors (Lipinski definition) is 2. The van der Waals surface area contributed by atoms with Crippen LogP contribution in [0.5, 0.6) is 0 Å². The van der Waals surface area contributed by atoms with E-state index in [9.17, 15) is 17.2 Å². The average Bonchev–Trinajstić information content (AvgIpc) is 2.38. The number of piperidine rings is 1. The minimum atomic E-state index is -3.91. The first-order valence-electron chi connectivity index (χ1n) is 6.57. The Morgan fingerprint density at radius 3 is 2.50 bits per heavy atom. The van der Waals surface area contributed by atoms with E-state index in [1.165, 1.54) is 0 Å². The molecule has 2 N–H and O–H groups in total. The molecule has 2 unspecified atom stereocenters. The molecule has 0 aliphatic carbocycles. The third kappa shape index (κ3) is 3.74. The van der Waals surface area contributed by atoms with Crippen LogP contribution in [0.15, 0.2) is 23.1 Å². The molecule has 7 heteroatoms. The third-order valence-corrected chi connectivity index (χ3v) is 5.07. The van der Waals surface area contributed by atoms with Gasteiger partial charge in [0.05, 0.1) is 4.90 Å². The van der Waals surface area contributed by atoms with Gasteiger partial charge in [-0.2, -0.15) is 0 Å². The van der Waals surface area contributed by atoms with E-state index in [1.54, 1.807) is 6.92 Å². The van der Waals surface area contributed by atoms with Gasteiger partial charge in [-0.15, -0.1) is 0 Å². The molecule has 1 heterocycles. The first-order valence-corrected chi connectivity index (χ1v) is 8.06. The number of benzene rings is 1. The van der Waals surface area contributed by atoms with Crippen molar-refractivity contribution in [3.05, 3.63) is 29.8 Å². The fourth-order valence-electron chi connectivity index (χ4n) is 2.40. The van der Waals surface area contributed by atoms with Gasteiger partial charge >= 0.3 is 0 Å². The fourth-order valence-corrected chi connectivity index (χ4v) is 3.75. The summed E-state index contributed by atoms with van der Waals surface area (Å²) in [5.74, 6) is -1.63. The summed E-state index contributed by atoms with van der Waals surface area (Å²) in [5, 5.41) is 3.20. The third-order valence-electron chi connectivity index (χ3n) is 3.53.